The fourth-order valence-electron chi connectivity index (χ4n) is 3.98. The maximum absolute atomic E-state index is 13.3. The smallest absolute Gasteiger partial charge is 0.336 e. The highest BCUT2D eigenvalue weighted by Crippen LogP contribution is 2.44. The zero-order chi connectivity index (χ0) is 26.8. The molecule has 0 amide bonds. The van der Waals surface area contributed by atoms with E-state index in [9.17, 15) is 29.8 Å². The lowest BCUT2D eigenvalue weighted by Gasteiger charge is -2.32. The number of non-ortho nitro benzene ring substituents is 1. The van der Waals surface area contributed by atoms with Crippen LogP contribution in [0.1, 0.15) is 77.7 Å². The molecule has 0 bridgehead atoms. The van der Waals surface area contributed by atoms with Crippen LogP contribution in [0.25, 0.3) is 0 Å². The zero-order valence-corrected chi connectivity index (χ0v) is 21.1. The van der Waals surface area contributed by atoms with Gasteiger partial charge in [-0.25, -0.2) is 9.59 Å². The molecule has 2 rings (SSSR count). The summed E-state index contributed by atoms with van der Waals surface area (Å²) < 4.78 is 10.9. The van der Waals surface area contributed by atoms with Crippen LogP contribution in [-0.2, 0) is 19.1 Å². The standard InChI is InChI=1S/C25H33N3O8/c1-5-9-13-35-24(29)22-18(7-3)26-19(8-4)23(25(30)36-14-10-6-2)21(22)17-12-11-16(27(31)32)15-20(17)28(33)34/h11-12,15,21,26H,5-10,13-14H2,1-4H3. The summed E-state index contributed by atoms with van der Waals surface area (Å²) in [5.74, 6) is -2.61. The number of carbonyl (C=O) groups is 2. The molecule has 0 saturated carbocycles. The van der Waals surface area contributed by atoms with Crippen molar-refractivity contribution in [2.75, 3.05) is 13.2 Å². The van der Waals surface area contributed by atoms with E-state index in [0.717, 1.165) is 25.0 Å². The summed E-state index contributed by atoms with van der Waals surface area (Å²) >= 11 is 0. The molecule has 1 aromatic carbocycles. The first-order valence-corrected chi connectivity index (χ1v) is 12.2. The number of hydrogen-bond acceptors (Lipinski definition) is 9. The first-order chi connectivity index (χ1) is 17.2. The van der Waals surface area contributed by atoms with Crippen LogP contribution >= 0.6 is 0 Å². The lowest BCUT2D eigenvalue weighted by Crippen LogP contribution is -2.34. The van der Waals surface area contributed by atoms with Gasteiger partial charge in [-0.05, 0) is 31.7 Å². The Morgan fingerprint density at radius 1 is 0.861 bits per heavy atom. The summed E-state index contributed by atoms with van der Waals surface area (Å²) in [6.45, 7) is 7.78. The highest BCUT2D eigenvalue weighted by Gasteiger charge is 2.42. The Balaban J connectivity index is 2.80. The maximum atomic E-state index is 13.3. The summed E-state index contributed by atoms with van der Waals surface area (Å²) in [7, 11) is 0. The Morgan fingerprint density at radius 2 is 1.36 bits per heavy atom. The molecule has 0 spiro atoms. The molecule has 0 aliphatic carbocycles. The van der Waals surface area contributed by atoms with Gasteiger partial charge in [-0.15, -0.1) is 0 Å². The Morgan fingerprint density at radius 3 is 1.75 bits per heavy atom. The molecule has 0 unspecified atom stereocenters. The first-order valence-electron chi connectivity index (χ1n) is 12.2. The van der Waals surface area contributed by atoms with Crippen molar-refractivity contribution in [2.24, 2.45) is 0 Å². The van der Waals surface area contributed by atoms with Gasteiger partial charge in [0.05, 0.1) is 46.2 Å². The van der Waals surface area contributed by atoms with E-state index in [2.05, 4.69) is 5.32 Å². The molecule has 1 heterocycles. The quantitative estimate of drug-likeness (QED) is 0.166. The van der Waals surface area contributed by atoms with Gasteiger partial charge in [-0.2, -0.15) is 0 Å². The third-order valence-corrected chi connectivity index (χ3v) is 5.87. The van der Waals surface area contributed by atoms with Crippen LogP contribution in [0, 0.1) is 20.2 Å². The van der Waals surface area contributed by atoms with Gasteiger partial charge in [0, 0.05) is 23.0 Å². The van der Waals surface area contributed by atoms with E-state index < -0.39 is 39.1 Å². The van der Waals surface area contributed by atoms with Crippen molar-refractivity contribution in [2.45, 2.75) is 72.1 Å². The van der Waals surface area contributed by atoms with Gasteiger partial charge in [-0.3, -0.25) is 20.2 Å². The number of nitro groups is 2. The number of carbonyl (C=O) groups excluding carboxylic acids is 2. The minimum atomic E-state index is -1.19. The summed E-state index contributed by atoms with van der Waals surface area (Å²) in [5.41, 5.74) is -0.00543. The molecule has 0 aromatic heterocycles. The molecule has 1 aliphatic heterocycles. The van der Waals surface area contributed by atoms with Crippen LogP contribution in [0.3, 0.4) is 0 Å². The lowest BCUT2D eigenvalue weighted by molar-refractivity contribution is -0.394. The van der Waals surface area contributed by atoms with Gasteiger partial charge in [0.1, 0.15) is 0 Å². The summed E-state index contributed by atoms with van der Waals surface area (Å²) in [5, 5.41) is 26.5. The SMILES string of the molecule is CCCCOC(=O)C1=C(CC)NC(CC)=C(C(=O)OCCCC)C1c1ccc([N+](=O)[O-])cc1[N+](=O)[O-]. The van der Waals surface area contributed by atoms with Crippen molar-refractivity contribution in [1.29, 1.82) is 0 Å². The highest BCUT2D eigenvalue weighted by atomic mass is 16.6. The number of nitrogens with one attached hydrogen (secondary N) is 1. The summed E-state index contributed by atoms with van der Waals surface area (Å²) in [6.07, 6.45) is 3.54. The number of ether oxygens (including phenoxy) is 2. The molecule has 0 radical (unpaired) electrons. The number of dihydropyridines is 1. The predicted molar refractivity (Wildman–Crippen MR) is 132 cm³/mol. The van der Waals surface area contributed by atoms with Crippen LogP contribution in [-0.4, -0.2) is 35.0 Å². The predicted octanol–water partition coefficient (Wildman–Crippen LogP) is 5.20. The number of rotatable bonds is 13. The fourth-order valence-corrected chi connectivity index (χ4v) is 3.98. The van der Waals surface area contributed by atoms with E-state index in [1.165, 1.54) is 6.07 Å². The largest absolute Gasteiger partial charge is 0.462 e. The number of benzene rings is 1. The van der Waals surface area contributed by atoms with Crippen LogP contribution < -0.4 is 5.32 Å². The van der Waals surface area contributed by atoms with Crippen molar-refractivity contribution in [3.05, 3.63) is 66.5 Å². The normalized spacial score (nSPS) is 13.9. The van der Waals surface area contributed by atoms with E-state index in [4.69, 9.17) is 9.47 Å². The Hall–Kier alpha value is -3.76. The topological polar surface area (TPSA) is 151 Å². The number of hydrogen-bond donors (Lipinski definition) is 1. The molecular weight excluding hydrogens is 470 g/mol. The van der Waals surface area contributed by atoms with Gasteiger partial charge >= 0.3 is 11.9 Å². The van der Waals surface area contributed by atoms with E-state index in [-0.39, 0.29) is 29.9 Å². The number of unbranched alkanes of at least 4 members (excludes halogenated alkanes) is 2. The molecule has 1 aliphatic rings. The molecule has 36 heavy (non-hydrogen) atoms. The second kappa shape index (κ2) is 13.4. The average molecular weight is 504 g/mol. The van der Waals surface area contributed by atoms with Crippen molar-refractivity contribution in [3.63, 3.8) is 0 Å². The monoisotopic (exact) mass is 503 g/mol. The van der Waals surface area contributed by atoms with Crippen LogP contribution in [0.5, 0.6) is 0 Å². The van der Waals surface area contributed by atoms with Crippen LogP contribution in [0.15, 0.2) is 40.7 Å². The molecule has 0 saturated heterocycles. The fraction of sp³-hybridized carbons (Fsp3) is 0.520. The molecule has 1 aromatic rings. The average Bonchev–Trinajstić information content (AvgIpc) is 2.86. The summed E-state index contributed by atoms with van der Waals surface area (Å²) in [4.78, 5) is 48.5. The molecule has 11 nitrogen and oxygen atoms in total. The third kappa shape index (κ3) is 6.46. The van der Waals surface area contributed by atoms with Crippen molar-refractivity contribution in [1.82, 2.24) is 5.32 Å². The van der Waals surface area contributed by atoms with Crippen LogP contribution in [0.2, 0.25) is 0 Å². The Bertz CT molecular complexity index is 1030. The number of nitro benzene ring substituents is 2. The zero-order valence-electron chi connectivity index (χ0n) is 21.1. The van der Waals surface area contributed by atoms with E-state index in [1.54, 1.807) is 13.8 Å². The van der Waals surface area contributed by atoms with Gasteiger partial charge in [0.2, 0.25) is 0 Å². The number of allylic oxidation sites excluding steroid dienone is 2. The molecule has 0 atom stereocenters. The van der Waals surface area contributed by atoms with E-state index in [1.807, 2.05) is 13.8 Å². The van der Waals surface area contributed by atoms with Crippen LogP contribution in [0.4, 0.5) is 11.4 Å². The number of nitrogens with zero attached hydrogens (tertiary/aromatic N) is 2. The van der Waals surface area contributed by atoms with Crippen molar-refractivity contribution in [3.8, 4) is 0 Å². The third-order valence-electron chi connectivity index (χ3n) is 5.87. The second-order valence-electron chi connectivity index (χ2n) is 8.29. The van der Waals surface area contributed by atoms with Gasteiger partial charge in [-0.1, -0.05) is 40.5 Å². The van der Waals surface area contributed by atoms with E-state index in [0.29, 0.717) is 37.1 Å². The Labute approximate surface area is 209 Å². The summed E-state index contributed by atoms with van der Waals surface area (Å²) in [6, 6.07) is 3.20. The molecule has 11 heteroatoms. The van der Waals surface area contributed by atoms with Gasteiger partial charge < -0.3 is 14.8 Å². The van der Waals surface area contributed by atoms with Crippen molar-refractivity contribution < 1.29 is 28.9 Å². The number of esters is 2. The Kier molecular flexibility index (Phi) is 10.6. The van der Waals surface area contributed by atoms with Gasteiger partial charge in [0.25, 0.3) is 11.4 Å². The maximum Gasteiger partial charge on any atom is 0.336 e. The van der Waals surface area contributed by atoms with Crippen molar-refractivity contribution >= 4 is 23.3 Å². The second-order valence-corrected chi connectivity index (χ2v) is 8.29. The van der Waals surface area contributed by atoms with E-state index >= 15 is 0 Å². The molecular formula is C25H33N3O8. The highest BCUT2D eigenvalue weighted by molar-refractivity contribution is 6.00. The minimum Gasteiger partial charge on any atom is -0.462 e. The molecule has 196 valence electrons. The molecule has 1 N–H and O–H groups in total. The molecule has 0 fully saturated rings. The van der Waals surface area contributed by atoms with Gasteiger partial charge in [0.15, 0.2) is 0 Å². The lowest BCUT2D eigenvalue weighted by atomic mass is 9.78. The minimum absolute atomic E-state index is 0.0196. The first kappa shape index (κ1) is 28.5.